The highest BCUT2D eigenvalue weighted by atomic mass is 79.9. The van der Waals surface area contributed by atoms with Crippen molar-refractivity contribution >= 4 is 32.8 Å². The fraction of sp³-hybridized carbons (Fsp3) is 0.182. The summed E-state index contributed by atoms with van der Waals surface area (Å²) in [6.07, 6.45) is 3.47. The number of carboxylic acid groups (broad SMARTS) is 1. The number of rotatable bonds is 3. The van der Waals surface area contributed by atoms with Gasteiger partial charge in [0.05, 0.1) is 15.7 Å². The van der Waals surface area contributed by atoms with E-state index in [1.165, 1.54) is 0 Å². The van der Waals surface area contributed by atoms with E-state index in [1.54, 1.807) is 18.5 Å². The zero-order chi connectivity index (χ0) is 12.4. The van der Waals surface area contributed by atoms with Crippen molar-refractivity contribution < 1.29 is 9.90 Å². The second-order valence-corrected chi connectivity index (χ2v) is 4.46. The summed E-state index contributed by atoms with van der Waals surface area (Å²) in [4.78, 5) is 19.1. The Morgan fingerprint density at radius 1 is 1.53 bits per heavy atom. The summed E-state index contributed by atoms with van der Waals surface area (Å²) in [7, 11) is 0. The lowest BCUT2D eigenvalue weighted by atomic mass is 10.1. The number of pyridine rings is 2. The first-order valence-corrected chi connectivity index (χ1v) is 5.75. The Bertz CT molecular complexity index is 574. The minimum absolute atomic E-state index is 0.185. The van der Waals surface area contributed by atoms with Crippen molar-refractivity contribution in [1.29, 1.82) is 0 Å². The quantitative estimate of drug-likeness (QED) is 0.892. The first-order chi connectivity index (χ1) is 8.09. The van der Waals surface area contributed by atoms with Crippen LogP contribution in [0.5, 0.6) is 0 Å². The van der Waals surface area contributed by atoms with Gasteiger partial charge < -0.3 is 10.8 Å². The van der Waals surface area contributed by atoms with Crippen molar-refractivity contribution in [3.63, 3.8) is 0 Å². The Labute approximate surface area is 106 Å². The predicted molar refractivity (Wildman–Crippen MR) is 66.6 cm³/mol. The Balaban J connectivity index is 2.48. The lowest BCUT2D eigenvalue weighted by Crippen LogP contribution is -2.32. The lowest BCUT2D eigenvalue weighted by Gasteiger charge is -2.09. The van der Waals surface area contributed by atoms with Crippen LogP contribution in [0.3, 0.4) is 0 Å². The number of carbonyl (C=O) groups is 1. The van der Waals surface area contributed by atoms with Gasteiger partial charge in [0.2, 0.25) is 0 Å². The third kappa shape index (κ3) is 2.42. The highest BCUT2D eigenvalue weighted by molar-refractivity contribution is 9.10. The second kappa shape index (κ2) is 4.77. The molecule has 0 saturated heterocycles. The molecule has 3 N–H and O–H groups in total. The van der Waals surface area contributed by atoms with Crippen LogP contribution in [0.4, 0.5) is 0 Å². The highest BCUT2D eigenvalue weighted by Gasteiger charge is 2.15. The van der Waals surface area contributed by atoms with E-state index in [1.807, 2.05) is 6.07 Å². The van der Waals surface area contributed by atoms with Gasteiger partial charge in [0.1, 0.15) is 6.04 Å². The van der Waals surface area contributed by atoms with Crippen LogP contribution < -0.4 is 5.73 Å². The molecular weight excluding hydrogens is 286 g/mol. The van der Waals surface area contributed by atoms with Gasteiger partial charge in [-0.2, -0.15) is 0 Å². The number of hydrogen-bond donors (Lipinski definition) is 2. The monoisotopic (exact) mass is 295 g/mol. The van der Waals surface area contributed by atoms with Crippen molar-refractivity contribution in [2.24, 2.45) is 5.73 Å². The van der Waals surface area contributed by atoms with Crippen molar-refractivity contribution in [1.82, 2.24) is 9.97 Å². The molecule has 5 nitrogen and oxygen atoms in total. The highest BCUT2D eigenvalue weighted by Crippen LogP contribution is 2.23. The maximum Gasteiger partial charge on any atom is 0.320 e. The summed E-state index contributed by atoms with van der Waals surface area (Å²) in [6.45, 7) is 0. The van der Waals surface area contributed by atoms with Gasteiger partial charge in [0.25, 0.3) is 0 Å². The molecule has 6 heteroatoms. The molecule has 0 aliphatic carbocycles. The van der Waals surface area contributed by atoms with Crippen molar-refractivity contribution in [3.8, 4) is 0 Å². The standard InChI is InChI=1S/C11H10BrN3O2/c12-7-5-15-9(4-8(13)11(16)17)6-2-1-3-14-10(6)7/h1-3,5,8H,4,13H2,(H,16,17)/t8-/m0/s1. The van der Waals surface area contributed by atoms with Crippen LogP contribution >= 0.6 is 15.9 Å². The molecule has 2 rings (SSSR count). The van der Waals surface area contributed by atoms with E-state index >= 15 is 0 Å². The van der Waals surface area contributed by atoms with E-state index in [2.05, 4.69) is 25.9 Å². The molecule has 1 atom stereocenters. The Morgan fingerprint density at radius 2 is 2.29 bits per heavy atom. The Kier molecular flexibility index (Phi) is 3.35. The summed E-state index contributed by atoms with van der Waals surface area (Å²) in [5.74, 6) is -1.04. The van der Waals surface area contributed by atoms with E-state index in [4.69, 9.17) is 10.8 Å². The zero-order valence-electron chi connectivity index (χ0n) is 8.80. The first-order valence-electron chi connectivity index (χ1n) is 4.96. The molecule has 0 bridgehead atoms. The minimum atomic E-state index is -1.04. The molecule has 0 radical (unpaired) electrons. The molecule has 0 spiro atoms. The third-order valence-electron chi connectivity index (χ3n) is 2.41. The third-order valence-corrected chi connectivity index (χ3v) is 2.99. The zero-order valence-corrected chi connectivity index (χ0v) is 10.4. The molecule has 2 heterocycles. The summed E-state index contributed by atoms with van der Waals surface area (Å²) in [6, 6.07) is 2.68. The molecule has 0 aliphatic heterocycles. The fourth-order valence-corrected chi connectivity index (χ4v) is 1.97. The van der Waals surface area contributed by atoms with Gasteiger partial charge in [0, 0.05) is 24.2 Å². The SMILES string of the molecule is N[C@@H](Cc1ncc(Br)c2ncccc12)C(=O)O. The minimum Gasteiger partial charge on any atom is -0.480 e. The van der Waals surface area contributed by atoms with E-state index in [0.29, 0.717) is 5.69 Å². The molecule has 2 aromatic rings. The number of nitrogens with two attached hydrogens (primary N) is 1. The first kappa shape index (κ1) is 11.9. The van der Waals surface area contributed by atoms with E-state index in [0.717, 1.165) is 15.4 Å². The number of carboxylic acids is 1. The molecule has 0 unspecified atom stereocenters. The van der Waals surface area contributed by atoms with E-state index < -0.39 is 12.0 Å². The molecular formula is C11H10BrN3O2. The van der Waals surface area contributed by atoms with Gasteiger partial charge in [-0.3, -0.25) is 14.8 Å². The number of aromatic nitrogens is 2. The van der Waals surface area contributed by atoms with E-state index in [9.17, 15) is 4.79 Å². The van der Waals surface area contributed by atoms with Gasteiger partial charge in [-0.25, -0.2) is 0 Å². The van der Waals surface area contributed by atoms with Crippen LogP contribution in [-0.4, -0.2) is 27.1 Å². The summed E-state index contributed by atoms with van der Waals surface area (Å²) < 4.78 is 0.778. The Morgan fingerprint density at radius 3 is 3.00 bits per heavy atom. The molecule has 2 aromatic heterocycles. The maximum absolute atomic E-state index is 10.7. The number of aliphatic carboxylic acids is 1. The summed E-state index contributed by atoms with van der Waals surface area (Å²) >= 11 is 3.35. The number of hydrogen-bond acceptors (Lipinski definition) is 4. The molecule has 0 amide bonds. The van der Waals surface area contributed by atoms with E-state index in [-0.39, 0.29) is 6.42 Å². The van der Waals surface area contributed by atoms with Crippen molar-refractivity contribution in [2.75, 3.05) is 0 Å². The van der Waals surface area contributed by atoms with Crippen LogP contribution in [0.2, 0.25) is 0 Å². The molecule has 0 saturated carbocycles. The summed E-state index contributed by atoms with van der Waals surface area (Å²) in [5, 5.41) is 9.61. The van der Waals surface area contributed by atoms with Crippen LogP contribution in [0, 0.1) is 0 Å². The molecule has 88 valence electrons. The van der Waals surface area contributed by atoms with Crippen molar-refractivity contribution in [2.45, 2.75) is 12.5 Å². The topological polar surface area (TPSA) is 89.1 Å². The average Bonchev–Trinajstić information content (AvgIpc) is 2.33. The number of halogens is 1. The van der Waals surface area contributed by atoms with Crippen LogP contribution in [-0.2, 0) is 11.2 Å². The number of fused-ring (bicyclic) bond motifs is 1. The molecule has 17 heavy (non-hydrogen) atoms. The second-order valence-electron chi connectivity index (χ2n) is 3.60. The van der Waals surface area contributed by atoms with Gasteiger partial charge in [0.15, 0.2) is 0 Å². The molecule has 0 fully saturated rings. The van der Waals surface area contributed by atoms with Gasteiger partial charge in [-0.05, 0) is 28.1 Å². The average molecular weight is 296 g/mol. The van der Waals surface area contributed by atoms with Crippen LogP contribution in [0.1, 0.15) is 5.69 Å². The number of nitrogens with zero attached hydrogens (tertiary/aromatic N) is 2. The van der Waals surface area contributed by atoms with Gasteiger partial charge in [-0.1, -0.05) is 0 Å². The fourth-order valence-electron chi connectivity index (χ4n) is 1.55. The van der Waals surface area contributed by atoms with Crippen LogP contribution in [0.25, 0.3) is 10.9 Å². The smallest absolute Gasteiger partial charge is 0.320 e. The maximum atomic E-state index is 10.7. The van der Waals surface area contributed by atoms with Crippen molar-refractivity contribution in [3.05, 3.63) is 34.7 Å². The van der Waals surface area contributed by atoms with Gasteiger partial charge in [-0.15, -0.1) is 0 Å². The predicted octanol–water partition coefficient (Wildman–Crippen LogP) is 1.35. The Hall–Kier alpha value is -1.53. The normalized spacial score (nSPS) is 12.6. The lowest BCUT2D eigenvalue weighted by molar-refractivity contribution is -0.138. The summed E-state index contributed by atoms with van der Waals surface area (Å²) in [5.41, 5.74) is 6.91. The molecule has 0 aromatic carbocycles. The van der Waals surface area contributed by atoms with Crippen LogP contribution in [0.15, 0.2) is 29.0 Å². The van der Waals surface area contributed by atoms with Gasteiger partial charge >= 0.3 is 5.97 Å². The molecule has 0 aliphatic rings. The largest absolute Gasteiger partial charge is 0.480 e.